The Labute approximate surface area is 70.2 Å². The minimum absolute atomic E-state index is 0.102. The van der Waals surface area contributed by atoms with E-state index >= 15 is 0 Å². The molecule has 2 heterocycles. The topological polar surface area (TPSA) is 52.7 Å². The highest BCUT2D eigenvalue weighted by Crippen LogP contribution is 2.09. The van der Waals surface area contributed by atoms with Crippen LogP contribution >= 0.6 is 0 Å². The number of carbonyl (C=O) groups is 1. The molecule has 0 aliphatic carbocycles. The average molecular weight is 167 g/mol. The van der Waals surface area contributed by atoms with Crippen LogP contribution in [0.4, 0.5) is 0 Å². The van der Waals surface area contributed by atoms with Crippen LogP contribution < -0.4 is 0 Å². The summed E-state index contributed by atoms with van der Waals surface area (Å²) in [5, 5.41) is 8.81. The zero-order valence-corrected chi connectivity index (χ0v) is 6.79. The molecule has 4 nitrogen and oxygen atoms in total. The highest BCUT2D eigenvalue weighted by atomic mass is 16.3. The van der Waals surface area contributed by atoms with E-state index in [0.717, 1.165) is 25.1 Å². The zero-order valence-electron chi connectivity index (χ0n) is 6.79. The van der Waals surface area contributed by atoms with E-state index in [-0.39, 0.29) is 12.5 Å². The lowest BCUT2D eigenvalue weighted by atomic mass is 10.2. The van der Waals surface area contributed by atoms with Crippen LogP contribution in [0.1, 0.15) is 12.8 Å². The summed E-state index contributed by atoms with van der Waals surface area (Å²) in [5.41, 5.74) is 1.41. The lowest BCUT2D eigenvalue weighted by Gasteiger charge is -2.06. The van der Waals surface area contributed by atoms with Gasteiger partial charge in [0.05, 0.1) is 6.61 Å². The third-order valence-corrected chi connectivity index (χ3v) is 2.29. The second kappa shape index (κ2) is 2.79. The van der Waals surface area contributed by atoms with Gasteiger partial charge >= 0.3 is 5.91 Å². The maximum absolute atomic E-state index is 11.3. The Hall–Kier alpha value is -1.03. The van der Waals surface area contributed by atoms with Crippen molar-refractivity contribution in [2.75, 3.05) is 19.7 Å². The predicted molar refractivity (Wildman–Crippen MR) is 43.8 cm³/mol. The van der Waals surface area contributed by atoms with Gasteiger partial charge in [-0.05, 0) is 0 Å². The summed E-state index contributed by atoms with van der Waals surface area (Å²) in [6.07, 6.45) is 1.89. The van der Waals surface area contributed by atoms with E-state index in [1.165, 1.54) is 0 Å². The van der Waals surface area contributed by atoms with Crippen LogP contribution in [0.3, 0.4) is 0 Å². The molecule has 1 N–H and O–H groups in total. The maximum Gasteiger partial charge on any atom is 0.336 e. The third-order valence-electron chi connectivity index (χ3n) is 2.29. The smallest absolute Gasteiger partial charge is 0.336 e. The van der Waals surface area contributed by atoms with E-state index in [9.17, 15) is 4.79 Å². The van der Waals surface area contributed by atoms with Gasteiger partial charge in [0.15, 0.2) is 6.54 Å². The number of aliphatic imine (C=N–C) groups is 1. The van der Waals surface area contributed by atoms with Gasteiger partial charge in [0.25, 0.3) is 0 Å². The number of nitrogens with zero attached hydrogens (tertiary/aromatic N) is 2. The van der Waals surface area contributed by atoms with Crippen molar-refractivity contribution >= 4 is 17.3 Å². The fourth-order valence-electron chi connectivity index (χ4n) is 1.70. The van der Waals surface area contributed by atoms with Gasteiger partial charge in [0.1, 0.15) is 12.3 Å². The number of hydrogen-bond donors (Lipinski definition) is 1. The number of amides is 1. The molecule has 0 radical (unpaired) electrons. The quantitative estimate of drug-likeness (QED) is 0.520. The number of aliphatic hydroxyl groups is 1. The number of carbonyl (C=O) groups excluding carboxylic acids is 1. The van der Waals surface area contributed by atoms with Gasteiger partial charge in [-0.25, -0.2) is 9.57 Å². The molecule has 0 saturated carbocycles. The summed E-state index contributed by atoms with van der Waals surface area (Å²) < 4.78 is 2.01. The van der Waals surface area contributed by atoms with Crippen LogP contribution in [0.15, 0.2) is 4.99 Å². The molecule has 0 atom stereocenters. The second-order valence-electron chi connectivity index (χ2n) is 3.11. The highest BCUT2D eigenvalue weighted by Gasteiger charge is 2.33. The Morgan fingerprint density at radius 3 is 3.17 bits per heavy atom. The van der Waals surface area contributed by atoms with E-state index in [2.05, 4.69) is 4.99 Å². The first-order valence-corrected chi connectivity index (χ1v) is 4.13. The normalized spacial score (nSPS) is 22.8. The van der Waals surface area contributed by atoms with Crippen molar-refractivity contribution in [1.82, 2.24) is 0 Å². The molecular weight excluding hydrogens is 156 g/mol. The first kappa shape index (κ1) is 7.61. The van der Waals surface area contributed by atoms with Crippen LogP contribution in [0.5, 0.6) is 0 Å². The monoisotopic (exact) mass is 167 g/mol. The van der Waals surface area contributed by atoms with Crippen LogP contribution in [-0.4, -0.2) is 46.7 Å². The van der Waals surface area contributed by atoms with Gasteiger partial charge in [-0.3, -0.25) is 4.79 Å². The first-order valence-electron chi connectivity index (χ1n) is 4.13. The lowest BCUT2D eigenvalue weighted by molar-refractivity contribution is -0.504. The fourth-order valence-corrected chi connectivity index (χ4v) is 1.70. The summed E-state index contributed by atoms with van der Waals surface area (Å²) in [4.78, 5) is 15.1. The number of rotatable bonds is 1. The van der Waals surface area contributed by atoms with Crippen LogP contribution in [0, 0.1) is 0 Å². The predicted octanol–water partition coefficient (Wildman–Crippen LogP) is -0.793. The van der Waals surface area contributed by atoms with Gasteiger partial charge in [-0.2, -0.15) is 0 Å². The van der Waals surface area contributed by atoms with Crippen molar-refractivity contribution in [3.8, 4) is 0 Å². The Balaban J connectivity index is 2.26. The molecule has 0 aromatic rings. The number of aliphatic hydroxyl groups excluding tert-OH is 1. The zero-order chi connectivity index (χ0) is 8.55. The molecule has 1 amide bonds. The molecule has 12 heavy (non-hydrogen) atoms. The Morgan fingerprint density at radius 1 is 1.58 bits per heavy atom. The molecule has 2 aliphatic rings. The molecule has 0 saturated heterocycles. The SMILES string of the molecule is O=C1N=C(CO)C[N+]2=C1CCC2. The molecular formula is C8H11N2O2+. The van der Waals surface area contributed by atoms with Crippen molar-refractivity contribution < 1.29 is 14.5 Å². The van der Waals surface area contributed by atoms with Gasteiger partial charge in [0, 0.05) is 12.8 Å². The minimum atomic E-state index is -0.150. The van der Waals surface area contributed by atoms with Crippen molar-refractivity contribution in [1.29, 1.82) is 0 Å². The van der Waals surface area contributed by atoms with Crippen LogP contribution in [-0.2, 0) is 4.79 Å². The molecule has 0 unspecified atom stereocenters. The maximum atomic E-state index is 11.3. The van der Waals surface area contributed by atoms with Gasteiger partial charge in [-0.1, -0.05) is 0 Å². The summed E-state index contributed by atoms with van der Waals surface area (Å²) in [6, 6.07) is 0. The molecule has 2 rings (SSSR count). The van der Waals surface area contributed by atoms with Crippen LogP contribution in [0.2, 0.25) is 0 Å². The number of hydrogen-bond acceptors (Lipinski definition) is 2. The van der Waals surface area contributed by atoms with E-state index in [4.69, 9.17) is 5.11 Å². The van der Waals surface area contributed by atoms with Gasteiger partial charge in [0.2, 0.25) is 5.71 Å². The molecule has 0 bridgehead atoms. The second-order valence-corrected chi connectivity index (χ2v) is 3.11. The molecule has 4 heteroatoms. The average Bonchev–Trinajstić information content (AvgIpc) is 2.52. The van der Waals surface area contributed by atoms with Crippen molar-refractivity contribution in [2.24, 2.45) is 4.99 Å². The molecule has 0 aromatic heterocycles. The molecule has 0 aromatic carbocycles. The lowest BCUT2D eigenvalue weighted by Crippen LogP contribution is -2.34. The highest BCUT2D eigenvalue weighted by molar-refractivity contribution is 6.39. The summed E-state index contributed by atoms with van der Waals surface area (Å²) in [5.74, 6) is -0.150. The van der Waals surface area contributed by atoms with Crippen LogP contribution in [0.25, 0.3) is 0 Å². The Morgan fingerprint density at radius 2 is 2.42 bits per heavy atom. The first-order chi connectivity index (χ1) is 5.81. The summed E-state index contributed by atoms with van der Waals surface area (Å²) >= 11 is 0. The Kier molecular flexibility index (Phi) is 1.77. The van der Waals surface area contributed by atoms with Crippen molar-refractivity contribution in [2.45, 2.75) is 12.8 Å². The standard InChI is InChI=1S/C8H11N2O2/c11-5-6-4-10-3-1-2-7(10)8(12)9-6/h11H,1-5H2/q+1. The van der Waals surface area contributed by atoms with E-state index in [0.29, 0.717) is 12.3 Å². The molecule has 64 valence electrons. The van der Waals surface area contributed by atoms with Gasteiger partial charge in [-0.15, -0.1) is 0 Å². The summed E-state index contributed by atoms with van der Waals surface area (Å²) in [7, 11) is 0. The van der Waals surface area contributed by atoms with E-state index in [1.54, 1.807) is 0 Å². The van der Waals surface area contributed by atoms with E-state index in [1.807, 2.05) is 4.58 Å². The third kappa shape index (κ3) is 1.08. The molecule has 0 fully saturated rings. The minimum Gasteiger partial charge on any atom is -0.390 e. The Bertz CT molecular complexity index is 291. The largest absolute Gasteiger partial charge is 0.390 e. The van der Waals surface area contributed by atoms with Crippen molar-refractivity contribution in [3.05, 3.63) is 0 Å². The summed E-state index contributed by atoms with van der Waals surface area (Å²) in [6.45, 7) is 1.47. The molecule has 2 aliphatic heterocycles. The van der Waals surface area contributed by atoms with Crippen molar-refractivity contribution in [3.63, 3.8) is 0 Å². The fraction of sp³-hybridized carbons (Fsp3) is 0.625. The molecule has 0 spiro atoms. The van der Waals surface area contributed by atoms with Gasteiger partial charge < -0.3 is 5.11 Å². The van der Waals surface area contributed by atoms with E-state index < -0.39 is 0 Å².